The molecule has 1 saturated heterocycles. The van der Waals surface area contributed by atoms with Crippen LogP contribution in [0.4, 0.5) is 5.69 Å². The zero-order valence-electron chi connectivity index (χ0n) is 12.4. The molecule has 1 aliphatic heterocycles. The van der Waals surface area contributed by atoms with Gasteiger partial charge in [0.05, 0.1) is 5.69 Å². The van der Waals surface area contributed by atoms with E-state index in [4.69, 9.17) is 4.42 Å². The summed E-state index contributed by atoms with van der Waals surface area (Å²) < 4.78 is 5.28. The van der Waals surface area contributed by atoms with Crippen LogP contribution in [0.25, 0.3) is 11.0 Å². The Kier molecular flexibility index (Phi) is 3.53. The van der Waals surface area contributed by atoms with Gasteiger partial charge in [-0.1, -0.05) is 18.6 Å². The van der Waals surface area contributed by atoms with Crippen molar-refractivity contribution in [2.45, 2.75) is 26.7 Å². The molecule has 1 fully saturated rings. The summed E-state index contributed by atoms with van der Waals surface area (Å²) in [5.41, 5.74) is 1.97. The molecule has 0 radical (unpaired) electrons. The number of anilines is 1. The second-order valence-electron chi connectivity index (χ2n) is 5.94. The first-order chi connectivity index (χ1) is 10.1. The van der Waals surface area contributed by atoms with E-state index in [1.54, 1.807) is 6.07 Å². The Morgan fingerprint density at radius 3 is 2.67 bits per heavy atom. The van der Waals surface area contributed by atoms with Gasteiger partial charge in [-0.2, -0.15) is 0 Å². The fourth-order valence-electron chi connectivity index (χ4n) is 2.99. The van der Waals surface area contributed by atoms with Crippen molar-refractivity contribution in [3.63, 3.8) is 0 Å². The van der Waals surface area contributed by atoms with Gasteiger partial charge in [-0.15, -0.1) is 0 Å². The zero-order valence-corrected chi connectivity index (χ0v) is 12.4. The number of nitrogens with zero attached hydrogens (tertiary/aromatic N) is 1. The Hall–Kier alpha value is -2.10. The molecule has 3 rings (SSSR count). The summed E-state index contributed by atoms with van der Waals surface area (Å²) >= 11 is 0. The summed E-state index contributed by atoms with van der Waals surface area (Å²) in [4.78, 5) is 25.6. The van der Waals surface area contributed by atoms with Crippen LogP contribution in [0.3, 0.4) is 0 Å². The van der Waals surface area contributed by atoms with Crippen molar-refractivity contribution >= 4 is 22.9 Å². The standard InChI is InChI=1S/C17H19NO3/c1-11-5-7-18(8-6-11)16-13-9-12(2)3-4-15(13)21-17(20)14(16)10-19/h3-4,9-11H,5-8H2,1-2H3. The topological polar surface area (TPSA) is 50.5 Å². The van der Waals surface area contributed by atoms with Crippen LogP contribution in [0.5, 0.6) is 0 Å². The first-order valence-electron chi connectivity index (χ1n) is 7.37. The van der Waals surface area contributed by atoms with Crippen molar-refractivity contribution in [3.8, 4) is 0 Å². The maximum atomic E-state index is 12.1. The average molecular weight is 285 g/mol. The first-order valence-corrected chi connectivity index (χ1v) is 7.37. The molecule has 4 nitrogen and oxygen atoms in total. The SMILES string of the molecule is Cc1ccc2oc(=O)c(C=O)c(N3CCC(C)CC3)c2c1. The molecule has 0 spiro atoms. The normalized spacial score (nSPS) is 16.4. The van der Waals surface area contributed by atoms with Crippen molar-refractivity contribution in [1.82, 2.24) is 0 Å². The van der Waals surface area contributed by atoms with E-state index in [1.807, 2.05) is 19.1 Å². The molecule has 2 aromatic rings. The second kappa shape index (κ2) is 5.35. The van der Waals surface area contributed by atoms with Gasteiger partial charge >= 0.3 is 5.63 Å². The van der Waals surface area contributed by atoms with Crippen LogP contribution in [-0.2, 0) is 0 Å². The van der Waals surface area contributed by atoms with E-state index in [2.05, 4.69) is 11.8 Å². The molecular formula is C17H19NO3. The van der Waals surface area contributed by atoms with Gasteiger partial charge in [-0.3, -0.25) is 4.79 Å². The molecule has 1 aliphatic rings. The monoisotopic (exact) mass is 285 g/mol. The number of benzene rings is 1. The lowest BCUT2D eigenvalue weighted by molar-refractivity contribution is 0.112. The minimum absolute atomic E-state index is 0.141. The molecule has 0 amide bonds. The number of hydrogen-bond acceptors (Lipinski definition) is 4. The highest BCUT2D eigenvalue weighted by atomic mass is 16.4. The molecule has 1 aromatic carbocycles. The molecular weight excluding hydrogens is 266 g/mol. The smallest absolute Gasteiger partial charge is 0.349 e. The zero-order chi connectivity index (χ0) is 15.0. The number of fused-ring (bicyclic) bond motifs is 1. The molecule has 2 heterocycles. The summed E-state index contributed by atoms with van der Waals surface area (Å²) in [6, 6.07) is 5.70. The largest absolute Gasteiger partial charge is 0.422 e. The number of carbonyl (C=O) groups is 1. The minimum atomic E-state index is -0.546. The lowest BCUT2D eigenvalue weighted by atomic mass is 9.97. The van der Waals surface area contributed by atoms with Crippen LogP contribution >= 0.6 is 0 Å². The minimum Gasteiger partial charge on any atom is -0.422 e. The summed E-state index contributed by atoms with van der Waals surface area (Å²) in [6.45, 7) is 5.97. The fraction of sp³-hybridized carbons (Fsp3) is 0.412. The van der Waals surface area contributed by atoms with Crippen LogP contribution in [0, 0.1) is 12.8 Å². The molecule has 0 atom stereocenters. The number of carbonyl (C=O) groups excluding carboxylic acids is 1. The van der Waals surface area contributed by atoms with E-state index in [0.717, 1.165) is 42.6 Å². The van der Waals surface area contributed by atoms with E-state index >= 15 is 0 Å². The Morgan fingerprint density at radius 2 is 2.00 bits per heavy atom. The third-order valence-corrected chi connectivity index (χ3v) is 4.29. The van der Waals surface area contributed by atoms with Crippen LogP contribution < -0.4 is 10.5 Å². The molecule has 0 unspecified atom stereocenters. The summed E-state index contributed by atoms with van der Waals surface area (Å²) in [5.74, 6) is 0.689. The third kappa shape index (κ3) is 2.46. The lowest BCUT2D eigenvalue weighted by Crippen LogP contribution is -2.34. The molecule has 4 heteroatoms. The molecule has 1 aromatic heterocycles. The summed E-state index contributed by atoms with van der Waals surface area (Å²) in [5, 5.41) is 0.853. The van der Waals surface area contributed by atoms with Gasteiger partial charge in [0.25, 0.3) is 0 Å². The van der Waals surface area contributed by atoms with Crippen molar-refractivity contribution < 1.29 is 9.21 Å². The summed E-state index contributed by atoms with van der Waals surface area (Å²) in [6.07, 6.45) is 2.78. The fourth-order valence-corrected chi connectivity index (χ4v) is 2.99. The van der Waals surface area contributed by atoms with Gasteiger partial charge in [0, 0.05) is 18.5 Å². The van der Waals surface area contributed by atoms with E-state index in [0.29, 0.717) is 17.8 Å². The van der Waals surface area contributed by atoms with E-state index in [-0.39, 0.29) is 5.56 Å². The highest BCUT2D eigenvalue weighted by molar-refractivity contribution is 5.99. The van der Waals surface area contributed by atoms with Crippen LogP contribution in [0.2, 0.25) is 0 Å². The van der Waals surface area contributed by atoms with Crippen molar-refractivity contribution in [3.05, 3.63) is 39.7 Å². The molecule has 0 aliphatic carbocycles. The van der Waals surface area contributed by atoms with Gasteiger partial charge in [0.15, 0.2) is 6.29 Å². The van der Waals surface area contributed by atoms with Gasteiger partial charge in [0.2, 0.25) is 0 Å². The number of aldehydes is 1. The van der Waals surface area contributed by atoms with Gasteiger partial charge < -0.3 is 9.32 Å². The molecule has 110 valence electrons. The highest BCUT2D eigenvalue weighted by Crippen LogP contribution is 2.31. The predicted octanol–water partition coefficient (Wildman–Crippen LogP) is 3.15. The van der Waals surface area contributed by atoms with Crippen LogP contribution in [0.1, 0.15) is 35.7 Å². The van der Waals surface area contributed by atoms with Crippen LogP contribution in [0.15, 0.2) is 27.4 Å². The van der Waals surface area contributed by atoms with Crippen LogP contribution in [-0.4, -0.2) is 19.4 Å². The first kappa shape index (κ1) is 13.9. The average Bonchev–Trinajstić information content (AvgIpc) is 2.47. The maximum absolute atomic E-state index is 12.1. The summed E-state index contributed by atoms with van der Waals surface area (Å²) in [7, 11) is 0. The van der Waals surface area contributed by atoms with Gasteiger partial charge in [-0.05, 0) is 37.8 Å². The highest BCUT2D eigenvalue weighted by Gasteiger charge is 2.23. The number of hydrogen-bond donors (Lipinski definition) is 0. The molecule has 0 saturated carbocycles. The quantitative estimate of drug-likeness (QED) is 0.628. The molecule has 0 bridgehead atoms. The van der Waals surface area contributed by atoms with Crippen molar-refractivity contribution in [2.75, 3.05) is 18.0 Å². The predicted molar refractivity (Wildman–Crippen MR) is 83.2 cm³/mol. The maximum Gasteiger partial charge on any atom is 0.349 e. The molecule has 0 N–H and O–H groups in total. The van der Waals surface area contributed by atoms with Crippen molar-refractivity contribution in [1.29, 1.82) is 0 Å². The number of piperidine rings is 1. The van der Waals surface area contributed by atoms with E-state index in [9.17, 15) is 9.59 Å². The van der Waals surface area contributed by atoms with Gasteiger partial charge in [0.1, 0.15) is 11.1 Å². The van der Waals surface area contributed by atoms with Crippen molar-refractivity contribution in [2.24, 2.45) is 5.92 Å². The number of rotatable bonds is 2. The Labute approximate surface area is 123 Å². The lowest BCUT2D eigenvalue weighted by Gasteiger charge is -2.33. The molecule has 21 heavy (non-hydrogen) atoms. The van der Waals surface area contributed by atoms with E-state index < -0.39 is 5.63 Å². The van der Waals surface area contributed by atoms with Gasteiger partial charge in [-0.25, -0.2) is 4.79 Å². The Bertz CT molecular complexity index is 740. The number of aryl methyl sites for hydroxylation is 1. The third-order valence-electron chi connectivity index (χ3n) is 4.29. The Balaban J connectivity index is 2.24. The second-order valence-corrected chi connectivity index (χ2v) is 5.94. The van der Waals surface area contributed by atoms with E-state index in [1.165, 1.54) is 0 Å². The Morgan fingerprint density at radius 1 is 1.29 bits per heavy atom.